The first-order chi connectivity index (χ1) is 20.4. The van der Waals surface area contributed by atoms with Gasteiger partial charge in [-0.3, -0.25) is 14.9 Å². The Bertz CT molecular complexity index is 1880. The van der Waals surface area contributed by atoms with E-state index in [1.165, 1.54) is 30.5 Å². The first kappa shape index (κ1) is 27.7. The topological polar surface area (TPSA) is 146 Å². The molecule has 0 aliphatic rings. The van der Waals surface area contributed by atoms with E-state index in [0.717, 1.165) is 4.68 Å². The molecule has 0 radical (unpaired) electrons. The molecule has 0 atom stereocenters. The number of fused-ring (bicyclic) bond motifs is 1. The van der Waals surface area contributed by atoms with Crippen LogP contribution in [-0.4, -0.2) is 38.5 Å². The lowest BCUT2D eigenvalue weighted by atomic mass is 10.1. The van der Waals surface area contributed by atoms with Gasteiger partial charge in [0.15, 0.2) is 11.6 Å². The maximum Gasteiger partial charge on any atom is 0.335 e. The molecular formula is C31H24N4O7. The lowest BCUT2D eigenvalue weighted by Gasteiger charge is -2.13. The molecule has 0 aliphatic carbocycles. The maximum atomic E-state index is 13.4. The van der Waals surface area contributed by atoms with E-state index in [2.05, 4.69) is 10.1 Å². The van der Waals surface area contributed by atoms with Gasteiger partial charge in [-0.15, -0.1) is 0 Å². The molecule has 11 heteroatoms. The molecule has 1 aromatic heterocycles. The van der Waals surface area contributed by atoms with Gasteiger partial charge in [-0.05, 0) is 42.8 Å². The fourth-order valence-corrected chi connectivity index (χ4v) is 4.31. The van der Waals surface area contributed by atoms with Crippen molar-refractivity contribution in [3.05, 3.63) is 128 Å². The SMILES string of the molecule is CCOc1cc(C=Nn2c(-c3ccccc3)nc3ccccc3c2=O)cc([N+](=O)[O-])c1OCc1cccc(C(=O)O)c1. The third kappa shape index (κ3) is 5.85. The van der Waals surface area contributed by atoms with Crippen molar-refractivity contribution in [2.45, 2.75) is 13.5 Å². The van der Waals surface area contributed by atoms with Crippen LogP contribution in [0, 0.1) is 10.1 Å². The number of nitro groups is 1. The second kappa shape index (κ2) is 12.1. The number of aromatic carboxylic acids is 1. The molecular weight excluding hydrogens is 540 g/mol. The van der Waals surface area contributed by atoms with Crippen LogP contribution in [0.25, 0.3) is 22.3 Å². The number of benzene rings is 4. The highest BCUT2D eigenvalue weighted by Crippen LogP contribution is 2.39. The largest absolute Gasteiger partial charge is 0.490 e. The summed E-state index contributed by atoms with van der Waals surface area (Å²) in [6, 6.07) is 24.9. The molecule has 0 fully saturated rings. The Hall–Kier alpha value is -5.84. The molecule has 5 rings (SSSR count). The van der Waals surface area contributed by atoms with Gasteiger partial charge in [0, 0.05) is 17.2 Å². The van der Waals surface area contributed by atoms with Crippen molar-refractivity contribution >= 4 is 28.8 Å². The van der Waals surface area contributed by atoms with Crippen LogP contribution in [0.4, 0.5) is 5.69 Å². The number of hydrogen-bond acceptors (Lipinski definition) is 8. The van der Waals surface area contributed by atoms with Gasteiger partial charge >= 0.3 is 11.7 Å². The quantitative estimate of drug-likeness (QED) is 0.132. The van der Waals surface area contributed by atoms with Gasteiger partial charge in [0.05, 0.1) is 34.2 Å². The van der Waals surface area contributed by atoms with E-state index < -0.39 is 16.5 Å². The molecule has 4 aromatic carbocycles. The summed E-state index contributed by atoms with van der Waals surface area (Å²) in [5.41, 5.74) is 1.24. The smallest absolute Gasteiger partial charge is 0.335 e. The molecule has 11 nitrogen and oxygen atoms in total. The van der Waals surface area contributed by atoms with E-state index in [0.29, 0.717) is 27.9 Å². The summed E-state index contributed by atoms with van der Waals surface area (Å²) in [5, 5.41) is 26.1. The molecule has 1 N–H and O–H groups in total. The highest BCUT2D eigenvalue weighted by Gasteiger charge is 2.23. The van der Waals surface area contributed by atoms with Gasteiger partial charge in [-0.2, -0.15) is 9.78 Å². The summed E-state index contributed by atoms with van der Waals surface area (Å²) in [6.45, 7) is 1.78. The molecule has 210 valence electrons. The predicted molar refractivity (Wildman–Crippen MR) is 156 cm³/mol. The van der Waals surface area contributed by atoms with Crippen LogP contribution in [0.15, 0.2) is 101 Å². The number of para-hydroxylation sites is 1. The number of hydrogen-bond donors (Lipinski definition) is 1. The zero-order valence-corrected chi connectivity index (χ0v) is 22.3. The molecule has 5 aromatic rings. The zero-order chi connectivity index (χ0) is 29.6. The molecule has 0 amide bonds. The van der Waals surface area contributed by atoms with E-state index in [-0.39, 0.29) is 41.5 Å². The second-order valence-electron chi connectivity index (χ2n) is 9.03. The van der Waals surface area contributed by atoms with Crippen LogP contribution in [0.3, 0.4) is 0 Å². The molecule has 0 saturated heterocycles. The van der Waals surface area contributed by atoms with Crippen LogP contribution >= 0.6 is 0 Å². The van der Waals surface area contributed by atoms with Crippen LogP contribution in [0.2, 0.25) is 0 Å². The summed E-state index contributed by atoms with van der Waals surface area (Å²) in [7, 11) is 0. The summed E-state index contributed by atoms with van der Waals surface area (Å²) in [5.74, 6) is -0.819. The minimum Gasteiger partial charge on any atom is -0.490 e. The number of nitro benzene ring substituents is 1. The Morgan fingerprint density at radius 1 is 1.02 bits per heavy atom. The Morgan fingerprint density at radius 2 is 1.79 bits per heavy atom. The maximum absolute atomic E-state index is 13.4. The summed E-state index contributed by atoms with van der Waals surface area (Å²) >= 11 is 0. The first-order valence-electron chi connectivity index (χ1n) is 12.9. The average Bonchev–Trinajstić information content (AvgIpc) is 3.00. The Kier molecular flexibility index (Phi) is 8.00. The Morgan fingerprint density at radius 3 is 2.52 bits per heavy atom. The number of carbonyl (C=O) groups is 1. The highest BCUT2D eigenvalue weighted by atomic mass is 16.6. The number of carboxylic acids is 1. The summed E-state index contributed by atoms with van der Waals surface area (Å²) in [6.07, 6.45) is 1.32. The second-order valence-corrected chi connectivity index (χ2v) is 9.03. The van der Waals surface area contributed by atoms with Crippen molar-refractivity contribution in [1.82, 2.24) is 9.66 Å². The molecule has 0 bridgehead atoms. The number of rotatable bonds is 10. The standard InChI is InChI=1S/C31H24N4O7/c1-2-41-27-17-21(16-26(35(39)40)28(27)42-19-20-9-8-12-23(15-20)31(37)38)18-32-34-29(22-10-4-3-5-11-22)33-25-14-7-6-13-24(25)30(34)36/h3-18H,2,19H2,1H3,(H,37,38). The van der Waals surface area contributed by atoms with Gasteiger partial charge in [0.1, 0.15) is 6.61 Å². The molecule has 0 spiro atoms. The lowest BCUT2D eigenvalue weighted by molar-refractivity contribution is -0.386. The predicted octanol–water partition coefficient (Wildman–Crippen LogP) is 5.53. The summed E-state index contributed by atoms with van der Waals surface area (Å²) in [4.78, 5) is 40.9. The number of carboxylic acid groups (broad SMARTS) is 1. The third-order valence-electron chi connectivity index (χ3n) is 6.22. The number of aromatic nitrogens is 2. The van der Waals surface area contributed by atoms with Crippen LogP contribution in [0.5, 0.6) is 11.5 Å². The van der Waals surface area contributed by atoms with Gasteiger partial charge in [0.25, 0.3) is 5.56 Å². The van der Waals surface area contributed by atoms with Gasteiger partial charge in [-0.1, -0.05) is 54.6 Å². The number of ether oxygens (including phenoxy) is 2. The Labute approximate surface area is 239 Å². The van der Waals surface area contributed by atoms with E-state index >= 15 is 0 Å². The fourth-order valence-electron chi connectivity index (χ4n) is 4.31. The Balaban J connectivity index is 1.56. The van der Waals surface area contributed by atoms with Crippen LogP contribution in [-0.2, 0) is 6.61 Å². The monoisotopic (exact) mass is 564 g/mol. The van der Waals surface area contributed by atoms with Gasteiger partial charge < -0.3 is 14.6 Å². The molecule has 1 heterocycles. The zero-order valence-electron chi connectivity index (χ0n) is 22.3. The van der Waals surface area contributed by atoms with Crippen LogP contribution in [0.1, 0.15) is 28.4 Å². The summed E-state index contributed by atoms with van der Waals surface area (Å²) < 4.78 is 12.6. The van der Waals surface area contributed by atoms with E-state index in [4.69, 9.17) is 9.47 Å². The fraction of sp³-hybridized carbons (Fsp3) is 0.0968. The normalized spacial score (nSPS) is 11.1. The highest BCUT2D eigenvalue weighted by molar-refractivity contribution is 5.87. The van der Waals surface area contributed by atoms with E-state index in [1.807, 2.05) is 18.2 Å². The first-order valence-corrected chi connectivity index (χ1v) is 12.9. The van der Waals surface area contributed by atoms with Crippen LogP contribution < -0.4 is 15.0 Å². The average molecular weight is 565 g/mol. The van der Waals surface area contributed by atoms with Crippen molar-refractivity contribution in [1.29, 1.82) is 0 Å². The van der Waals surface area contributed by atoms with Crippen molar-refractivity contribution in [2.75, 3.05) is 6.61 Å². The van der Waals surface area contributed by atoms with E-state index in [1.54, 1.807) is 55.5 Å². The van der Waals surface area contributed by atoms with Crippen molar-refractivity contribution in [3.8, 4) is 22.9 Å². The minimum absolute atomic E-state index is 0.0653. The molecule has 42 heavy (non-hydrogen) atoms. The molecule has 0 saturated carbocycles. The van der Waals surface area contributed by atoms with Gasteiger partial charge in [-0.25, -0.2) is 9.78 Å². The third-order valence-corrected chi connectivity index (χ3v) is 6.22. The van der Waals surface area contributed by atoms with E-state index in [9.17, 15) is 24.8 Å². The molecule has 0 aliphatic heterocycles. The lowest BCUT2D eigenvalue weighted by Crippen LogP contribution is -2.20. The van der Waals surface area contributed by atoms with Gasteiger partial charge in [0.2, 0.25) is 5.75 Å². The van der Waals surface area contributed by atoms with Crippen molar-refractivity contribution in [2.24, 2.45) is 5.10 Å². The minimum atomic E-state index is -1.10. The molecule has 0 unspecified atom stereocenters. The number of nitrogens with zero attached hydrogens (tertiary/aromatic N) is 4. The van der Waals surface area contributed by atoms with Crippen molar-refractivity contribution < 1.29 is 24.3 Å². The van der Waals surface area contributed by atoms with Crippen molar-refractivity contribution in [3.63, 3.8) is 0 Å².